The van der Waals surface area contributed by atoms with Crippen molar-refractivity contribution in [2.24, 2.45) is 11.8 Å². The highest BCUT2D eigenvalue weighted by atomic mass is 16.5. The first kappa shape index (κ1) is 17.2. The van der Waals surface area contributed by atoms with Crippen molar-refractivity contribution in [2.45, 2.75) is 26.2 Å². The molecule has 2 amide bonds. The lowest BCUT2D eigenvalue weighted by Gasteiger charge is -2.22. The summed E-state index contributed by atoms with van der Waals surface area (Å²) in [6.07, 6.45) is 2.40. The minimum absolute atomic E-state index is 0.113. The first-order chi connectivity index (χ1) is 10.6. The van der Waals surface area contributed by atoms with Gasteiger partial charge in [-0.05, 0) is 25.3 Å². The molecular weight excluding hydrogens is 282 g/mol. The second-order valence-corrected chi connectivity index (χ2v) is 6.43. The summed E-state index contributed by atoms with van der Waals surface area (Å²) in [6, 6.07) is 0. The van der Waals surface area contributed by atoms with Crippen LogP contribution in [0.25, 0.3) is 0 Å². The third kappa shape index (κ3) is 5.25. The molecule has 1 aliphatic heterocycles. The third-order valence-corrected chi connectivity index (χ3v) is 4.64. The van der Waals surface area contributed by atoms with Crippen LogP contribution in [-0.4, -0.2) is 74.6 Å². The van der Waals surface area contributed by atoms with Gasteiger partial charge in [-0.3, -0.25) is 14.5 Å². The maximum absolute atomic E-state index is 12.2. The van der Waals surface area contributed by atoms with Gasteiger partial charge in [-0.2, -0.15) is 0 Å². The van der Waals surface area contributed by atoms with Crippen LogP contribution in [0, 0.1) is 11.8 Å². The average Bonchev–Trinajstić information content (AvgIpc) is 3.27. The van der Waals surface area contributed by atoms with Gasteiger partial charge < -0.3 is 15.0 Å². The van der Waals surface area contributed by atoms with E-state index in [2.05, 4.69) is 17.1 Å². The highest BCUT2D eigenvalue weighted by Crippen LogP contribution is 2.37. The molecule has 22 heavy (non-hydrogen) atoms. The van der Waals surface area contributed by atoms with Crippen LogP contribution in [0.1, 0.15) is 26.2 Å². The molecule has 0 aromatic heterocycles. The summed E-state index contributed by atoms with van der Waals surface area (Å²) < 4.78 is 5.10. The van der Waals surface area contributed by atoms with E-state index in [1.54, 1.807) is 7.11 Å². The van der Waals surface area contributed by atoms with Crippen molar-refractivity contribution in [1.29, 1.82) is 0 Å². The fourth-order valence-electron chi connectivity index (χ4n) is 2.93. The Balaban J connectivity index is 1.63. The zero-order chi connectivity index (χ0) is 15.9. The van der Waals surface area contributed by atoms with E-state index in [9.17, 15) is 9.59 Å². The number of carbonyl (C=O) groups excluding carboxylic acids is 2. The molecule has 2 fully saturated rings. The van der Waals surface area contributed by atoms with Crippen molar-refractivity contribution >= 4 is 11.8 Å². The minimum atomic E-state index is 0.113. The molecule has 0 unspecified atom stereocenters. The zero-order valence-corrected chi connectivity index (χ0v) is 13.8. The summed E-state index contributed by atoms with van der Waals surface area (Å²) in [7, 11) is 1.71. The molecule has 1 N–H and O–H groups in total. The summed E-state index contributed by atoms with van der Waals surface area (Å²) in [5.41, 5.74) is 0. The molecule has 1 aliphatic carbocycles. The number of hydrogen-bond donors (Lipinski definition) is 1. The summed E-state index contributed by atoms with van der Waals surface area (Å²) in [5.74, 6) is 0.960. The van der Waals surface area contributed by atoms with Crippen LogP contribution < -0.4 is 5.32 Å². The minimum Gasteiger partial charge on any atom is -0.383 e. The fourth-order valence-corrected chi connectivity index (χ4v) is 2.93. The van der Waals surface area contributed by atoms with Crippen LogP contribution in [-0.2, 0) is 14.3 Å². The number of rotatable bonds is 7. The van der Waals surface area contributed by atoms with Crippen molar-refractivity contribution in [3.05, 3.63) is 0 Å². The number of methoxy groups -OCH3 is 1. The Kier molecular flexibility index (Phi) is 6.64. The summed E-state index contributed by atoms with van der Waals surface area (Å²) in [4.78, 5) is 28.2. The Morgan fingerprint density at radius 1 is 1.23 bits per heavy atom. The normalized spacial score (nSPS) is 25.6. The van der Waals surface area contributed by atoms with E-state index in [1.807, 2.05) is 4.90 Å². The van der Waals surface area contributed by atoms with E-state index in [0.717, 1.165) is 52.2 Å². The van der Waals surface area contributed by atoms with Crippen molar-refractivity contribution in [2.75, 3.05) is 53.0 Å². The number of nitrogens with zero attached hydrogens (tertiary/aromatic N) is 2. The molecule has 2 aliphatic rings. The predicted molar refractivity (Wildman–Crippen MR) is 84.4 cm³/mol. The number of nitrogens with one attached hydrogen (secondary N) is 1. The van der Waals surface area contributed by atoms with Gasteiger partial charge in [0, 0.05) is 52.2 Å². The van der Waals surface area contributed by atoms with Crippen molar-refractivity contribution in [3.63, 3.8) is 0 Å². The molecule has 0 aromatic rings. The number of ether oxygens (including phenoxy) is 1. The van der Waals surface area contributed by atoms with Crippen LogP contribution in [0.5, 0.6) is 0 Å². The summed E-state index contributed by atoms with van der Waals surface area (Å²) in [5, 5.41) is 2.88. The SMILES string of the molecule is COCCN1CCCN(C(=O)CCNC(=O)[C@@H]2C[C@@H]2C)CC1. The van der Waals surface area contributed by atoms with Crippen LogP contribution in [0.15, 0.2) is 0 Å². The second kappa shape index (κ2) is 8.48. The van der Waals surface area contributed by atoms with Gasteiger partial charge in [-0.1, -0.05) is 6.92 Å². The maximum atomic E-state index is 12.2. The second-order valence-electron chi connectivity index (χ2n) is 6.43. The van der Waals surface area contributed by atoms with E-state index in [-0.39, 0.29) is 17.7 Å². The van der Waals surface area contributed by atoms with Crippen molar-refractivity contribution in [3.8, 4) is 0 Å². The topological polar surface area (TPSA) is 61.9 Å². The molecule has 0 radical (unpaired) electrons. The average molecular weight is 311 g/mol. The molecule has 1 saturated heterocycles. The lowest BCUT2D eigenvalue weighted by atomic mass is 10.3. The summed E-state index contributed by atoms with van der Waals surface area (Å²) in [6.45, 7) is 7.72. The van der Waals surface area contributed by atoms with E-state index < -0.39 is 0 Å². The van der Waals surface area contributed by atoms with Crippen LogP contribution in [0.4, 0.5) is 0 Å². The molecule has 1 heterocycles. The maximum Gasteiger partial charge on any atom is 0.224 e. The Morgan fingerprint density at radius 3 is 2.68 bits per heavy atom. The highest BCUT2D eigenvalue weighted by Gasteiger charge is 2.38. The molecule has 2 atom stereocenters. The van der Waals surface area contributed by atoms with Crippen LogP contribution >= 0.6 is 0 Å². The Hall–Kier alpha value is -1.14. The molecular formula is C16H29N3O3. The molecule has 126 valence electrons. The van der Waals surface area contributed by atoms with Gasteiger partial charge in [0.05, 0.1) is 6.61 Å². The Bertz CT molecular complexity index is 389. The van der Waals surface area contributed by atoms with Gasteiger partial charge in [0.25, 0.3) is 0 Å². The molecule has 6 heteroatoms. The Morgan fingerprint density at radius 2 is 2.00 bits per heavy atom. The van der Waals surface area contributed by atoms with E-state index in [0.29, 0.717) is 18.9 Å². The number of carbonyl (C=O) groups is 2. The van der Waals surface area contributed by atoms with Gasteiger partial charge in [0.15, 0.2) is 0 Å². The standard InChI is InChI=1S/C16H29N3O3/c1-13-12-14(13)16(21)17-5-4-15(20)19-7-3-6-18(8-9-19)10-11-22-2/h13-14H,3-12H2,1-2H3,(H,17,21)/t13-,14+/m0/s1. The first-order valence-electron chi connectivity index (χ1n) is 8.38. The lowest BCUT2D eigenvalue weighted by molar-refractivity contribution is -0.131. The van der Waals surface area contributed by atoms with E-state index >= 15 is 0 Å². The number of hydrogen-bond acceptors (Lipinski definition) is 4. The molecule has 0 bridgehead atoms. The molecule has 2 rings (SSSR count). The lowest BCUT2D eigenvalue weighted by Crippen LogP contribution is -2.38. The fraction of sp³-hybridized carbons (Fsp3) is 0.875. The Labute approximate surface area is 133 Å². The quantitative estimate of drug-likeness (QED) is 0.736. The summed E-state index contributed by atoms with van der Waals surface area (Å²) >= 11 is 0. The molecule has 1 saturated carbocycles. The van der Waals surface area contributed by atoms with Gasteiger partial charge in [0.1, 0.15) is 0 Å². The molecule has 0 aromatic carbocycles. The van der Waals surface area contributed by atoms with Crippen molar-refractivity contribution in [1.82, 2.24) is 15.1 Å². The van der Waals surface area contributed by atoms with E-state index in [4.69, 9.17) is 4.74 Å². The molecule has 0 spiro atoms. The van der Waals surface area contributed by atoms with Gasteiger partial charge >= 0.3 is 0 Å². The smallest absolute Gasteiger partial charge is 0.224 e. The third-order valence-electron chi connectivity index (χ3n) is 4.64. The van der Waals surface area contributed by atoms with E-state index in [1.165, 1.54) is 0 Å². The first-order valence-corrected chi connectivity index (χ1v) is 8.38. The zero-order valence-electron chi connectivity index (χ0n) is 13.8. The monoisotopic (exact) mass is 311 g/mol. The van der Waals surface area contributed by atoms with Gasteiger partial charge in [-0.25, -0.2) is 0 Å². The van der Waals surface area contributed by atoms with Gasteiger partial charge in [0.2, 0.25) is 11.8 Å². The molecule has 6 nitrogen and oxygen atoms in total. The van der Waals surface area contributed by atoms with Crippen LogP contribution in [0.3, 0.4) is 0 Å². The number of amides is 2. The van der Waals surface area contributed by atoms with Crippen molar-refractivity contribution < 1.29 is 14.3 Å². The predicted octanol–water partition coefficient (Wildman–Crippen LogP) is 0.329. The highest BCUT2D eigenvalue weighted by molar-refractivity contribution is 5.82. The largest absolute Gasteiger partial charge is 0.383 e. The van der Waals surface area contributed by atoms with Crippen LogP contribution in [0.2, 0.25) is 0 Å². The van der Waals surface area contributed by atoms with Gasteiger partial charge in [-0.15, -0.1) is 0 Å².